The predicted octanol–water partition coefficient (Wildman–Crippen LogP) is 15.0. The van der Waals surface area contributed by atoms with E-state index in [0.717, 1.165) is 17.4 Å². The molecular formula is C50H28BBrF24N2. The highest BCUT2D eigenvalue weighted by molar-refractivity contribution is 9.10. The minimum Gasteiger partial charge on any atom is -0.252 e. The lowest BCUT2D eigenvalue weighted by Gasteiger charge is -2.46. The molecule has 0 atom stereocenters. The predicted molar refractivity (Wildman–Crippen MR) is 237 cm³/mol. The first-order valence-corrected chi connectivity index (χ1v) is 22.3. The van der Waals surface area contributed by atoms with E-state index in [9.17, 15) is 105 Å². The van der Waals surface area contributed by atoms with Crippen LogP contribution in [0.5, 0.6) is 0 Å². The Bertz CT molecular complexity index is 2800. The van der Waals surface area contributed by atoms with Crippen LogP contribution in [0.2, 0.25) is 0 Å². The van der Waals surface area contributed by atoms with Gasteiger partial charge in [-0.05, 0) is 42.0 Å². The molecule has 0 N–H and O–H groups in total. The molecule has 6 aromatic carbocycles. The van der Waals surface area contributed by atoms with Crippen molar-refractivity contribution in [1.82, 2.24) is 4.98 Å². The second-order valence-electron chi connectivity index (χ2n) is 17.2. The number of aromatic nitrogens is 2. The number of alkyl halides is 24. The molecule has 0 aliphatic carbocycles. The number of nitrogens with zero attached hydrogens (tertiary/aromatic N) is 2. The fourth-order valence-corrected chi connectivity index (χ4v) is 8.65. The number of hydrogen-bond acceptors (Lipinski definition) is 1. The maximum Gasteiger partial charge on any atom is 0.416 e. The van der Waals surface area contributed by atoms with Gasteiger partial charge >= 0.3 is 49.4 Å². The fourth-order valence-electron chi connectivity index (χ4n) is 8.38. The van der Waals surface area contributed by atoms with Crippen LogP contribution in [0.3, 0.4) is 0 Å². The lowest BCUT2D eigenvalue weighted by molar-refractivity contribution is -0.695. The third-order valence-electron chi connectivity index (χ3n) is 11.9. The van der Waals surface area contributed by atoms with E-state index >= 15 is 0 Å². The number of benzene rings is 6. The summed E-state index contributed by atoms with van der Waals surface area (Å²) in [6.07, 6.45) is -48.1. The average Bonchev–Trinajstić information content (AvgIpc) is 3.44. The summed E-state index contributed by atoms with van der Waals surface area (Å²) >= 11 is 3.47. The second-order valence-corrected chi connectivity index (χ2v) is 18.1. The van der Waals surface area contributed by atoms with E-state index in [1.54, 1.807) is 0 Å². The Balaban J connectivity index is 0.000000387. The maximum atomic E-state index is 14.2. The van der Waals surface area contributed by atoms with Gasteiger partial charge in [0.05, 0.1) is 63.3 Å². The van der Waals surface area contributed by atoms with Gasteiger partial charge in [0.2, 0.25) is 5.69 Å². The van der Waals surface area contributed by atoms with E-state index in [0.29, 0.717) is 0 Å². The van der Waals surface area contributed by atoms with Gasteiger partial charge < -0.3 is 0 Å². The van der Waals surface area contributed by atoms with Crippen LogP contribution in [0.25, 0.3) is 0 Å². The quantitative estimate of drug-likeness (QED) is 0.0842. The summed E-state index contributed by atoms with van der Waals surface area (Å²) in [5.41, 5.74) is -26.4. The summed E-state index contributed by atoms with van der Waals surface area (Å²) in [7, 11) is 0. The molecule has 0 saturated carbocycles. The lowest BCUT2D eigenvalue weighted by atomic mass is 9.12. The monoisotopic (exact) mass is 1200 g/mol. The molecule has 78 heavy (non-hydrogen) atoms. The zero-order valence-corrected chi connectivity index (χ0v) is 39.8. The summed E-state index contributed by atoms with van der Waals surface area (Å²) in [5.74, 6) is 0. The highest BCUT2D eigenvalue weighted by atomic mass is 79.9. The Morgan fingerprint density at radius 2 is 0.641 bits per heavy atom. The van der Waals surface area contributed by atoms with Gasteiger partial charge in [-0.25, -0.2) is 0 Å². The van der Waals surface area contributed by atoms with E-state index in [1.165, 1.54) is 16.8 Å². The zero-order valence-electron chi connectivity index (χ0n) is 38.2. The van der Waals surface area contributed by atoms with Crippen molar-refractivity contribution in [3.05, 3.63) is 212 Å². The smallest absolute Gasteiger partial charge is 0.252 e. The summed E-state index contributed by atoms with van der Waals surface area (Å²) in [6.45, 7) is 0.870. The summed E-state index contributed by atoms with van der Waals surface area (Å²) in [6, 6.07) is 10.1. The van der Waals surface area contributed by atoms with E-state index in [4.69, 9.17) is 0 Å². The van der Waals surface area contributed by atoms with Crippen LogP contribution in [-0.2, 0) is 62.4 Å². The van der Waals surface area contributed by atoms with E-state index < -0.39 is 195 Å². The van der Waals surface area contributed by atoms with Crippen LogP contribution >= 0.6 is 15.9 Å². The van der Waals surface area contributed by atoms with Crippen LogP contribution in [0.15, 0.2) is 150 Å². The molecule has 0 unspecified atom stereocenters. The van der Waals surface area contributed by atoms with E-state index in [1.807, 2.05) is 24.7 Å². The number of rotatable bonds is 8. The molecule has 0 bridgehead atoms. The molecule has 7 aromatic rings. The molecule has 0 fully saturated rings. The van der Waals surface area contributed by atoms with Gasteiger partial charge in [-0.15, -0.1) is 0 Å². The van der Waals surface area contributed by atoms with Gasteiger partial charge in [0.15, 0.2) is 12.7 Å². The van der Waals surface area contributed by atoms with Crippen molar-refractivity contribution in [2.45, 2.75) is 62.4 Å². The third kappa shape index (κ3) is 14.3. The van der Waals surface area contributed by atoms with Crippen LogP contribution in [0.1, 0.15) is 61.3 Å². The topological polar surface area (TPSA) is 16.8 Å². The molecule has 0 radical (unpaired) electrons. The first-order valence-electron chi connectivity index (χ1n) is 21.5. The van der Waals surface area contributed by atoms with Crippen molar-refractivity contribution >= 4 is 43.9 Å². The molecule has 0 saturated heterocycles. The first kappa shape index (κ1) is 60.5. The molecule has 7 rings (SSSR count). The molecule has 0 aliphatic heterocycles. The minimum absolute atomic E-state index is 0.691. The SMILES string of the molecule is Brc1ccc(Cc2cncc[n+]2Cc2ccccc2)cc1.FC(F)(F)c1cc([B-](c2cc(C(F)(F)F)cc(C(F)(F)F)c2)(c2cc(C(F)(F)F)cc(C(F)(F)F)c2)c2cc(C(F)(F)F)cc(C(F)(F)F)c2)cc(C(F)(F)F)c1. The largest absolute Gasteiger partial charge is 0.416 e. The maximum absolute atomic E-state index is 14.2. The van der Waals surface area contributed by atoms with Gasteiger partial charge in [0.1, 0.15) is 6.15 Å². The number of hydrogen-bond donors (Lipinski definition) is 0. The molecule has 1 aromatic heterocycles. The molecule has 2 nitrogen and oxygen atoms in total. The van der Waals surface area contributed by atoms with Gasteiger partial charge in [-0.1, -0.05) is 107 Å². The van der Waals surface area contributed by atoms with Gasteiger partial charge in [-0.3, -0.25) is 4.98 Å². The third-order valence-corrected chi connectivity index (χ3v) is 12.4. The van der Waals surface area contributed by atoms with Crippen LogP contribution in [0.4, 0.5) is 105 Å². The van der Waals surface area contributed by atoms with Crippen LogP contribution in [-0.4, -0.2) is 11.1 Å². The Kier molecular flexibility index (Phi) is 16.7. The molecule has 28 heteroatoms. The Morgan fingerprint density at radius 3 is 0.910 bits per heavy atom. The second kappa shape index (κ2) is 21.5. The minimum atomic E-state index is -6.13. The van der Waals surface area contributed by atoms with Crippen LogP contribution in [0, 0.1) is 0 Å². The van der Waals surface area contributed by atoms with Crippen molar-refractivity contribution in [3.63, 3.8) is 0 Å². The zero-order chi connectivity index (χ0) is 58.4. The Morgan fingerprint density at radius 1 is 0.359 bits per heavy atom. The van der Waals surface area contributed by atoms with Gasteiger partial charge in [-0.2, -0.15) is 132 Å². The molecule has 0 spiro atoms. The first-order chi connectivity index (χ1) is 35.6. The summed E-state index contributed by atoms with van der Waals surface area (Å²) < 4.78 is 344. The fraction of sp³-hybridized carbons (Fsp3) is 0.200. The summed E-state index contributed by atoms with van der Waals surface area (Å²) in [4.78, 5) is 4.27. The highest BCUT2D eigenvalue weighted by Gasteiger charge is 2.47. The van der Waals surface area contributed by atoms with E-state index in [2.05, 4.69) is 74.0 Å². The number of halogens is 25. The molecule has 0 amide bonds. The Hall–Kier alpha value is -6.74. The van der Waals surface area contributed by atoms with Crippen molar-refractivity contribution in [2.75, 3.05) is 0 Å². The summed E-state index contributed by atoms with van der Waals surface area (Å²) in [5, 5.41) is 0. The van der Waals surface area contributed by atoms with Crippen molar-refractivity contribution < 1.29 is 110 Å². The van der Waals surface area contributed by atoms with Crippen molar-refractivity contribution in [1.29, 1.82) is 0 Å². The van der Waals surface area contributed by atoms with Crippen molar-refractivity contribution in [3.8, 4) is 0 Å². The standard InChI is InChI=1S/C32H12BF24.C18H16BrN2/c34-25(35,36)13-1-14(26(37,38)39)6-21(5-13)33(22-7-15(27(40,41)42)2-16(8-22)28(43,44)45,23-9-17(29(46,47)48)3-18(10-23)30(49,50)51)24-11-19(31(52,53)54)4-20(12-24)32(55,56)57;19-17-8-6-15(7-9-17)12-18-13-20-10-11-21(18)14-16-4-2-1-3-5-16/h1-12H;1-11,13H,12,14H2/q-1;+1. The van der Waals surface area contributed by atoms with E-state index in [-0.39, 0.29) is 0 Å². The Labute approximate surface area is 432 Å². The molecule has 0 aliphatic rings. The van der Waals surface area contributed by atoms with Gasteiger partial charge in [0, 0.05) is 10.0 Å². The molecular weight excluding hydrogens is 1180 g/mol. The normalized spacial score (nSPS) is 13.3. The van der Waals surface area contributed by atoms with Crippen LogP contribution < -0.4 is 26.4 Å². The van der Waals surface area contributed by atoms with Crippen molar-refractivity contribution in [2.24, 2.45) is 0 Å². The average molecular weight is 1200 g/mol. The lowest BCUT2D eigenvalue weighted by Crippen LogP contribution is -2.75. The highest BCUT2D eigenvalue weighted by Crippen LogP contribution is 2.41. The van der Waals surface area contributed by atoms with Gasteiger partial charge in [0.25, 0.3) is 0 Å². The molecule has 1 heterocycles. The molecule has 416 valence electrons.